The molecule has 0 radical (unpaired) electrons. The number of hydrogen-bond acceptors (Lipinski definition) is 5. The summed E-state index contributed by atoms with van der Waals surface area (Å²) in [6.07, 6.45) is 3.74. The molecule has 6 nitrogen and oxygen atoms in total. The van der Waals surface area contributed by atoms with Crippen molar-refractivity contribution < 1.29 is 9.34 Å². The van der Waals surface area contributed by atoms with Crippen molar-refractivity contribution in [2.75, 3.05) is 4.90 Å². The number of nitro benzene ring substituents is 1. The second-order valence-electron chi connectivity index (χ2n) is 5.01. The van der Waals surface area contributed by atoms with Crippen LogP contribution in [0.2, 0.25) is 0 Å². The van der Waals surface area contributed by atoms with Crippen molar-refractivity contribution in [3.05, 3.63) is 58.0 Å². The fourth-order valence-corrected chi connectivity index (χ4v) is 2.33. The Labute approximate surface area is 121 Å². The minimum Gasteiger partial charge on any atom is -0.467 e. The molecule has 0 saturated heterocycles. The molecule has 0 aliphatic heterocycles. The van der Waals surface area contributed by atoms with Crippen molar-refractivity contribution >= 4 is 11.4 Å². The van der Waals surface area contributed by atoms with E-state index in [4.69, 9.17) is 9.68 Å². The van der Waals surface area contributed by atoms with Gasteiger partial charge in [-0.3, -0.25) is 10.1 Å². The fraction of sp³-hybridized carbons (Fsp3) is 0.267. The van der Waals surface area contributed by atoms with Gasteiger partial charge < -0.3 is 9.32 Å². The Morgan fingerprint density at radius 1 is 1.43 bits per heavy atom. The molecular formula is C15H13N3O3. The SMILES string of the molecule is N#Cc1ccc(N(Cc2ccco2)C2CC2)cc1[N+](=O)[O-]. The molecule has 1 aromatic heterocycles. The molecule has 0 spiro atoms. The van der Waals surface area contributed by atoms with E-state index in [1.54, 1.807) is 12.3 Å². The van der Waals surface area contributed by atoms with E-state index in [1.165, 1.54) is 12.1 Å². The van der Waals surface area contributed by atoms with Crippen molar-refractivity contribution in [2.24, 2.45) is 0 Å². The van der Waals surface area contributed by atoms with Crippen LogP contribution in [0.4, 0.5) is 11.4 Å². The smallest absolute Gasteiger partial charge is 0.289 e. The van der Waals surface area contributed by atoms with Gasteiger partial charge in [-0.1, -0.05) is 0 Å². The topological polar surface area (TPSA) is 83.3 Å². The first-order chi connectivity index (χ1) is 10.2. The maximum Gasteiger partial charge on any atom is 0.289 e. The molecule has 1 fully saturated rings. The highest BCUT2D eigenvalue weighted by atomic mass is 16.6. The fourth-order valence-electron chi connectivity index (χ4n) is 2.33. The monoisotopic (exact) mass is 283 g/mol. The standard InChI is InChI=1S/C15H13N3O3/c16-9-11-3-4-13(8-15(11)18(19)20)17(12-5-6-12)10-14-2-1-7-21-14/h1-4,7-8,12H,5-6,10H2. The van der Waals surface area contributed by atoms with Gasteiger partial charge in [0.2, 0.25) is 0 Å². The zero-order valence-electron chi connectivity index (χ0n) is 11.2. The minimum atomic E-state index is -0.514. The van der Waals surface area contributed by atoms with E-state index in [0.29, 0.717) is 12.6 Å². The van der Waals surface area contributed by atoms with Gasteiger partial charge in [-0.25, -0.2) is 0 Å². The Bertz CT molecular complexity index is 699. The number of hydrogen-bond donors (Lipinski definition) is 0. The third kappa shape index (κ3) is 2.72. The maximum absolute atomic E-state index is 11.1. The number of benzene rings is 1. The molecule has 6 heteroatoms. The first-order valence-corrected chi connectivity index (χ1v) is 6.66. The molecule has 21 heavy (non-hydrogen) atoms. The van der Waals surface area contributed by atoms with Gasteiger partial charge in [0, 0.05) is 17.8 Å². The van der Waals surface area contributed by atoms with Crippen LogP contribution in [-0.4, -0.2) is 11.0 Å². The van der Waals surface area contributed by atoms with Crippen LogP contribution in [0.3, 0.4) is 0 Å². The first-order valence-electron chi connectivity index (χ1n) is 6.66. The Balaban J connectivity index is 1.94. The molecule has 1 aliphatic rings. The summed E-state index contributed by atoms with van der Waals surface area (Å²) in [4.78, 5) is 12.7. The van der Waals surface area contributed by atoms with Crippen molar-refractivity contribution in [3.63, 3.8) is 0 Å². The summed E-state index contributed by atoms with van der Waals surface area (Å²) >= 11 is 0. The van der Waals surface area contributed by atoms with E-state index in [9.17, 15) is 10.1 Å². The van der Waals surface area contributed by atoms with E-state index in [-0.39, 0.29) is 11.3 Å². The van der Waals surface area contributed by atoms with Crippen LogP contribution in [-0.2, 0) is 6.54 Å². The second kappa shape index (κ2) is 5.29. The van der Waals surface area contributed by atoms with Crippen molar-refractivity contribution in [1.29, 1.82) is 5.26 Å². The van der Waals surface area contributed by atoms with Gasteiger partial charge in [-0.2, -0.15) is 5.26 Å². The molecule has 0 unspecified atom stereocenters. The molecule has 106 valence electrons. The normalized spacial score (nSPS) is 13.7. The molecule has 1 saturated carbocycles. The lowest BCUT2D eigenvalue weighted by Crippen LogP contribution is -2.24. The third-order valence-corrected chi connectivity index (χ3v) is 3.52. The minimum absolute atomic E-state index is 0.0810. The lowest BCUT2D eigenvalue weighted by molar-refractivity contribution is -0.385. The molecular weight excluding hydrogens is 270 g/mol. The van der Waals surface area contributed by atoms with Gasteiger partial charge in [0.15, 0.2) is 0 Å². The zero-order chi connectivity index (χ0) is 14.8. The number of anilines is 1. The summed E-state index contributed by atoms with van der Waals surface area (Å²) in [5, 5.41) is 20.0. The number of nitro groups is 1. The summed E-state index contributed by atoms with van der Waals surface area (Å²) in [5.74, 6) is 0.814. The van der Waals surface area contributed by atoms with Crippen molar-refractivity contribution in [2.45, 2.75) is 25.4 Å². The van der Waals surface area contributed by atoms with Gasteiger partial charge in [0.1, 0.15) is 17.4 Å². The van der Waals surface area contributed by atoms with E-state index >= 15 is 0 Å². The molecule has 0 N–H and O–H groups in total. The average molecular weight is 283 g/mol. The molecule has 0 atom stereocenters. The molecule has 3 rings (SSSR count). The van der Waals surface area contributed by atoms with Crippen LogP contribution >= 0.6 is 0 Å². The van der Waals surface area contributed by atoms with Crippen molar-refractivity contribution in [3.8, 4) is 6.07 Å². The highest BCUT2D eigenvalue weighted by Crippen LogP contribution is 2.35. The van der Waals surface area contributed by atoms with Crippen LogP contribution in [0.5, 0.6) is 0 Å². The van der Waals surface area contributed by atoms with E-state index in [0.717, 1.165) is 24.3 Å². The van der Waals surface area contributed by atoms with Crippen LogP contribution in [0.15, 0.2) is 41.0 Å². The largest absolute Gasteiger partial charge is 0.467 e. The van der Waals surface area contributed by atoms with Crippen LogP contribution in [0.25, 0.3) is 0 Å². The summed E-state index contributed by atoms with van der Waals surface area (Å²) in [6, 6.07) is 10.7. The summed E-state index contributed by atoms with van der Waals surface area (Å²) in [5.41, 5.74) is 0.678. The lowest BCUT2D eigenvalue weighted by atomic mass is 10.1. The number of rotatable bonds is 5. The summed E-state index contributed by atoms with van der Waals surface area (Å²) in [7, 11) is 0. The first kappa shape index (κ1) is 13.2. The summed E-state index contributed by atoms with van der Waals surface area (Å²) in [6.45, 7) is 0.570. The molecule has 1 heterocycles. The van der Waals surface area contributed by atoms with Gasteiger partial charge in [-0.05, 0) is 37.1 Å². The predicted octanol–water partition coefficient (Wildman–Crippen LogP) is 3.23. The quantitative estimate of drug-likeness (QED) is 0.621. The van der Waals surface area contributed by atoms with Crippen molar-refractivity contribution in [1.82, 2.24) is 0 Å². The second-order valence-corrected chi connectivity index (χ2v) is 5.01. The molecule has 1 aliphatic carbocycles. The molecule has 0 bridgehead atoms. The Hall–Kier alpha value is -2.81. The van der Waals surface area contributed by atoms with Gasteiger partial charge >= 0.3 is 0 Å². The van der Waals surface area contributed by atoms with E-state index in [2.05, 4.69) is 4.90 Å². The zero-order valence-corrected chi connectivity index (χ0v) is 11.2. The van der Waals surface area contributed by atoms with Gasteiger partial charge in [-0.15, -0.1) is 0 Å². The average Bonchev–Trinajstić information content (AvgIpc) is 3.20. The number of nitriles is 1. The Morgan fingerprint density at radius 2 is 2.24 bits per heavy atom. The van der Waals surface area contributed by atoms with Gasteiger partial charge in [0.25, 0.3) is 5.69 Å². The Kier molecular flexibility index (Phi) is 3.32. The van der Waals surface area contributed by atoms with E-state index < -0.39 is 4.92 Å². The molecule has 1 aromatic carbocycles. The predicted molar refractivity (Wildman–Crippen MR) is 75.7 cm³/mol. The number of furan rings is 1. The maximum atomic E-state index is 11.1. The summed E-state index contributed by atoms with van der Waals surface area (Å²) < 4.78 is 5.36. The highest BCUT2D eigenvalue weighted by molar-refractivity contribution is 5.61. The van der Waals surface area contributed by atoms with Crippen LogP contribution in [0.1, 0.15) is 24.2 Å². The number of nitrogens with zero attached hydrogens (tertiary/aromatic N) is 3. The highest BCUT2D eigenvalue weighted by Gasteiger charge is 2.31. The van der Waals surface area contributed by atoms with Crippen LogP contribution in [0, 0.1) is 21.4 Å². The molecule has 0 amide bonds. The van der Waals surface area contributed by atoms with Crippen LogP contribution < -0.4 is 4.90 Å². The van der Waals surface area contributed by atoms with E-state index in [1.807, 2.05) is 18.2 Å². The molecule has 2 aromatic rings. The van der Waals surface area contributed by atoms with Gasteiger partial charge in [0.05, 0.1) is 17.7 Å². The Morgan fingerprint density at radius 3 is 2.81 bits per heavy atom. The third-order valence-electron chi connectivity index (χ3n) is 3.52. The lowest BCUT2D eigenvalue weighted by Gasteiger charge is -2.23.